The van der Waals surface area contributed by atoms with Crippen LogP contribution in [0.5, 0.6) is 5.75 Å². The Hall–Kier alpha value is -1.63. The van der Waals surface area contributed by atoms with Gasteiger partial charge in [0.25, 0.3) is 0 Å². The summed E-state index contributed by atoms with van der Waals surface area (Å²) in [5.41, 5.74) is 0.601. The lowest BCUT2D eigenvalue weighted by Crippen LogP contribution is -2.27. The van der Waals surface area contributed by atoms with Gasteiger partial charge in [-0.1, -0.05) is 12.1 Å². The number of amides is 1. The van der Waals surface area contributed by atoms with E-state index in [9.17, 15) is 15.0 Å². The SMILES string of the molecule is COCCOc1ccc(C(O)C(O)CCNC(C)=O)cc1. The predicted octanol–water partition coefficient (Wildman–Crippen LogP) is 0.632. The van der Waals surface area contributed by atoms with Crippen molar-refractivity contribution in [1.29, 1.82) is 0 Å². The Balaban J connectivity index is 2.45. The van der Waals surface area contributed by atoms with E-state index in [-0.39, 0.29) is 12.3 Å². The largest absolute Gasteiger partial charge is 0.491 e. The molecular formula is C15H23NO5. The zero-order valence-electron chi connectivity index (χ0n) is 12.4. The van der Waals surface area contributed by atoms with Crippen LogP contribution in [-0.2, 0) is 9.53 Å². The molecule has 0 bridgehead atoms. The van der Waals surface area contributed by atoms with Crippen molar-refractivity contribution in [2.75, 3.05) is 26.9 Å². The molecule has 0 saturated heterocycles. The molecule has 0 aliphatic heterocycles. The maximum atomic E-state index is 10.7. The fraction of sp³-hybridized carbons (Fsp3) is 0.533. The van der Waals surface area contributed by atoms with Crippen LogP contribution < -0.4 is 10.1 Å². The number of hydrogen-bond donors (Lipinski definition) is 3. The first kappa shape index (κ1) is 17.4. The number of nitrogens with one attached hydrogen (secondary N) is 1. The Bertz CT molecular complexity index is 421. The first-order chi connectivity index (χ1) is 10.0. The second kappa shape index (κ2) is 9.33. The van der Waals surface area contributed by atoms with E-state index in [4.69, 9.17) is 9.47 Å². The van der Waals surface area contributed by atoms with Gasteiger partial charge >= 0.3 is 0 Å². The summed E-state index contributed by atoms with van der Waals surface area (Å²) in [4.78, 5) is 10.7. The molecule has 0 aliphatic carbocycles. The lowest BCUT2D eigenvalue weighted by molar-refractivity contribution is -0.119. The third kappa shape index (κ3) is 6.57. The molecule has 2 atom stereocenters. The molecule has 0 saturated carbocycles. The number of carbonyl (C=O) groups is 1. The van der Waals surface area contributed by atoms with Gasteiger partial charge in [0.2, 0.25) is 5.91 Å². The molecule has 3 N–H and O–H groups in total. The summed E-state index contributed by atoms with van der Waals surface area (Å²) in [6.45, 7) is 2.70. The quantitative estimate of drug-likeness (QED) is 0.582. The molecule has 0 radical (unpaired) electrons. The van der Waals surface area contributed by atoms with Gasteiger partial charge in [0, 0.05) is 20.6 Å². The summed E-state index contributed by atoms with van der Waals surface area (Å²) in [5.74, 6) is 0.519. The van der Waals surface area contributed by atoms with Gasteiger partial charge in [0.1, 0.15) is 18.5 Å². The minimum atomic E-state index is -0.994. The summed E-state index contributed by atoms with van der Waals surface area (Å²) < 4.78 is 10.3. The normalized spacial score (nSPS) is 13.5. The summed E-state index contributed by atoms with van der Waals surface area (Å²) >= 11 is 0. The zero-order valence-corrected chi connectivity index (χ0v) is 12.4. The van der Waals surface area contributed by atoms with Gasteiger partial charge in [-0.05, 0) is 24.1 Å². The Morgan fingerprint density at radius 1 is 1.24 bits per heavy atom. The highest BCUT2D eigenvalue weighted by molar-refractivity contribution is 5.72. The first-order valence-corrected chi connectivity index (χ1v) is 6.87. The number of benzene rings is 1. The number of ether oxygens (including phenoxy) is 2. The molecule has 6 nitrogen and oxygen atoms in total. The molecule has 1 aromatic carbocycles. The molecule has 0 fully saturated rings. The Morgan fingerprint density at radius 2 is 1.90 bits per heavy atom. The van der Waals surface area contributed by atoms with E-state index in [0.717, 1.165) is 0 Å². The first-order valence-electron chi connectivity index (χ1n) is 6.87. The fourth-order valence-electron chi connectivity index (χ4n) is 1.78. The lowest BCUT2D eigenvalue weighted by Gasteiger charge is -2.18. The van der Waals surface area contributed by atoms with E-state index in [1.165, 1.54) is 6.92 Å². The highest BCUT2D eigenvalue weighted by Crippen LogP contribution is 2.21. The summed E-state index contributed by atoms with van der Waals surface area (Å²) in [7, 11) is 1.60. The van der Waals surface area contributed by atoms with E-state index >= 15 is 0 Å². The van der Waals surface area contributed by atoms with Crippen LogP contribution in [0.25, 0.3) is 0 Å². The number of rotatable bonds is 9. The highest BCUT2D eigenvalue weighted by Gasteiger charge is 2.18. The van der Waals surface area contributed by atoms with Gasteiger partial charge in [0.05, 0.1) is 12.7 Å². The van der Waals surface area contributed by atoms with E-state index in [1.807, 2.05) is 0 Å². The molecule has 1 aromatic rings. The van der Waals surface area contributed by atoms with Crippen molar-refractivity contribution in [1.82, 2.24) is 5.32 Å². The predicted molar refractivity (Wildman–Crippen MR) is 78.1 cm³/mol. The van der Waals surface area contributed by atoms with Crippen LogP contribution in [0, 0.1) is 0 Å². The third-order valence-electron chi connectivity index (χ3n) is 2.96. The molecule has 2 unspecified atom stereocenters. The van der Waals surface area contributed by atoms with Gasteiger partial charge in [-0.2, -0.15) is 0 Å². The van der Waals surface area contributed by atoms with Crippen molar-refractivity contribution in [2.24, 2.45) is 0 Å². The molecule has 0 aliphatic rings. The van der Waals surface area contributed by atoms with E-state index < -0.39 is 12.2 Å². The van der Waals surface area contributed by atoms with Crippen molar-refractivity contribution in [3.8, 4) is 5.75 Å². The van der Waals surface area contributed by atoms with Crippen molar-refractivity contribution in [3.05, 3.63) is 29.8 Å². The standard InChI is InChI=1S/C15H23NO5/c1-11(17)16-8-7-14(18)15(19)12-3-5-13(6-4-12)21-10-9-20-2/h3-6,14-15,18-19H,7-10H2,1-2H3,(H,16,17). The maximum absolute atomic E-state index is 10.7. The second-order valence-corrected chi connectivity index (χ2v) is 4.69. The van der Waals surface area contributed by atoms with Crippen molar-refractivity contribution < 1.29 is 24.5 Å². The van der Waals surface area contributed by atoms with Crippen LogP contribution in [0.1, 0.15) is 25.0 Å². The molecular weight excluding hydrogens is 274 g/mol. The van der Waals surface area contributed by atoms with Gasteiger partial charge in [-0.25, -0.2) is 0 Å². The van der Waals surface area contributed by atoms with Crippen LogP contribution >= 0.6 is 0 Å². The number of aliphatic hydroxyl groups is 2. The Kier molecular flexibility index (Phi) is 7.74. The molecule has 21 heavy (non-hydrogen) atoms. The topological polar surface area (TPSA) is 88.0 Å². The molecule has 1 amide bonds. The molecule has 6 heteroatoms. The lowest BCUT2D eigenvalue weighted by atomic mass is 10.0. The van der Waals surface area contributed by atoms with Crippen LogP contribution in [0.4, 0.5) is 0 Å². The fourth-order valence-corrected chi connectivity index (χ4v) is 1.78. The smallest absolute Gasteiger partial charge is 0.216 e. The van der Waals surface area contributed by atoms with Crippen molar-refractivity contribution in [3.63, 3.8) is 0 Å². The number of carbonyl (C=O) groups excluding carboxylic acids is 1. The van der Waals surface area contributed by atoms with E-state index in [0.29, 0.717) is 31.1 Å². The molecule has 0 spiro atoms. The molecule has 1 rings (SSSR count). The van der Waals surface area contributed by atoms with E-state index in [2.05, 4.69) is 5.32 Å². The van der Waals surface area contributed by atoms with Crippen LogP contribution in [0.2, 0.25) is 0 Å². The summed E-state index contributed by atoms with van der Waals surface area (Å²) in [5, 5.41) is 22.5. The van der Waals surface area contributed by atoms with Crippen LogP contribution in [-0.4, -0.2) is 49.1 Å². The average molecular weight is 297 g/mol. The van der Waals surface area contributed by atoms with Crippen molar-refractivity contribution in [2.45, 2.75) is 25.6 Å². The Labute approximate surface area is 124 Å². The van der Waals surface area contributed by atoms with Gasteiger partial charge in [0.15, 0.2) is 0 Å². The number of hydrogen-bond acceptors (Lipinski definition) is 5. The van der Waals surface area contributed by atoms with Gasteiger partial charge in [-0.3, -0.25) is 4.79 Å². The summed E-state index contributed by atoms with van der Waals surface area (Å²) in [6, 6.07) is 6.87. The minimum Gasteiger partial charge on any atom is -0.491 e. The average Bonchev–Trinajstić information content (AvgIpc) is 2.47. The molecule has 118 valence electrons. The second-order valence-electron chi connectivity index (χ2n) is 4.69. The molecule has 0 heterocycles. The van der Waals surface area contributed by atoms with Gasteiger partial charge in [-0.15, -0.1) is 0 Å². The van der Waals surface area contributed by atoms with Gasteiger partial charge < -0.3 is 25.0 Å². The Morgan fingerprint density at radius 3 is 2.48 bits per heavy atom. The maximum Gasteiger partial charge on any atom is 0.216 e. The number of methoxy groups -OCH3 is 1. The number of aliphatic hydroxyl groups excluding tert-OH is 2. The zero-order chi connectivity index (χ0) is 15.7. The molecule has 0 aromatic heterocycles. The van der Waals surface area contributed by atoms with Crippen LogP contribution in [0.3, 0.4) is 0 Å². The van der Waals surface area contributed by atoms with Crippen molar-refractivity contribution >= 4 is 5.91 Å². The summed E-state index contributed by atoms with van der Waals surface area (Å²) in [6.07, 6.45) is -1.64. The third-order valence-corrected chi connectivity index (χ3v) is 2.96. The minimum absolute atomic E-state index is 0.158. The van der Waals surface area contributed by atoms with E-state index in [1.54, 1.807) is 31.4 Å². The van der Waals surface area contributed by atoms with Crippen LogP contribution in [0.15, 0.2) is 24.3 Å². The monoisotopic (exact) mass is 297 g/mol. The highest BCUT2D eigenvalue weighted by atomic mass is 16.5.